The van der Waals surface area contributed by atoms with Gasteiger partial charge in [0.05, 0.1) is 0 Å². The van der Waals surface area contributed by atoms with Crippen LogP contribution in [0.2, 0.25) is 0 Å². The fourth-order valence-corrected chi connectivity index (χ4v) is 2.48. The lowest BCUT2D eigenvalue weighted by Crippen LogP contribution is -2.04. The molecule has 0 saturated heterocycles. The minimum Gasteiger partial charge on any atom is -0.282 e. The zero-order valence-corrected chi connectivity index (χ0v) is 13.0. The molecule has 0 bridgehead atoms. The highest BCUT2D eigenvalue weighted by molar-refractivity contribution is 7.86. The maximum Gasteiger partial charge on any atom is 0.295 e. The van der Waals surface area contributed by atoms with E-state index in [0.29, 0.717) is 5.56 Å². The molecule has 0 amide bonds. The summed E-state index contributed by atoms with van der Waals surface area (Å²) < 4.78 is 31.8. The average molecular weight is 282 g/mol. The van der Waals surface area contributed by atoms with Crippen LogP contribution < -0.4 is 0 Å². The fraction of sp³-hybridized carbons (Fsp3) is 0.333. The van der Waals surface area contributed by atoms with E-state index in [0.717, 1.165) is 16.7 Å². The monoisotopic (exact) mass is 282 g/mol. The quantitative estimate of drug-likeness (QED) is 0.839. The van der Waals surface area contributed by atoms with Crippen LogP contribution in [0.3, 0.4) is 0 Å². The van der Waals surface area contributed by atoms with Gasteiger partial charge < -0.3 is 0 Å². The van der Waals surface area contributed by atoms with Gasteiger partial charge in [-0.1, -0.05) is 38.6 Å². The van der Waals surface area contributed by atoms with E-state index in [9.17, 15) is 13.0 Å². The lowest BCUT2D eigenvalue weighted by Gasteiger charge is -2.12. The van der Waals surface area contributed by atoms with Crippen molar-refractivity contribution in [3.63, 3.8) is 0 Å². The number of rotatable bonds is 3. The first-order chi connectivity index (χ1) is 8.81. The van der Waals surface area contributed by atoms with Crippen molar-refractivity contribution in [1.29, 1.82) is 0 Å². The molecule has 0 unspecified atom stereocenters. The molecule has 4 heteroatoms. The Balaban J connectivity index is 0.00000154. The van der Waals surface area contributed by atoms with Crippen molar-refractivity contribution < 1.29 is 13.0 Å². The van der Waals surface area contributed by atoms with Crippen molar-refractivity contribution >= 4 is 21.8 Å². The van der Waals surface area contributed by atoms with Gasteiger partial charge in [0.15, 0.2) is 0 Å². The highest BCUT2D eigenvalue weighted by Gasteiger charge is 2.17. The van der Waals surface area contributed by atoms with Crippen LogP contribution in [0.25, 0.3) is 11.6 Å². The number of allylic oxidation sites excluding steroid dienone is 2. The van der Waals surface area contributed by atoms with Crippen LogP contribution in [0.5, 0.6) is 0 Å². The molecule has 0 spiro atoms. The van der Waals surface area contributed by atoms with Crippen molar-refractivity contribution in [2.24, 2.45) is 0 Å². The Morgan fingerprint density at radius 2 is 1.84 bits per heavy atom. The predicted octanol–water partition coefficient (Wildman–Crippen LogP) is 4.33. The Morgan fingerprint density at radius 1 is 1.32 bits per heavy atom. The topological polar surface area (TPSA) is 54.4 Å². The Kier molecular flexibility index (Phi) is 6.73. The van der Waals surface area contributed by atoms with Gasteiger partial charge in [-0.15, -0.1) is 0 Å². The molecule has 3 nitrogen and oxygen atoms in total. The van der Waals surface area contributed by atoms with Crippen LogP contribution >= 0.6 is 0 Å². The standard InChI is InChI=1S/C13H16O3S.C2H6/c1-5-10(4)12-7-9(3)8-13(11(12)6-2)17(14,15)16;1-2/h5-8H,2H2,1,3-4H3,(H,14,15,16);1-2H3/b10-5-;. The molecule has 0 aliphatic heterocycles. The average Bonchev–Trinajstić information content (AvgIpc) is 2.38. The second-order valence-electron chi connectivity index (χ2n) is 3.88. The summed E-state index contributed by atoms with van der Waals surface area (Å²) in [6.07, 6.45) is 3.33. The van der Waals surface area contributed by atoms with Gasteiger partial charge in [0.2, 0.25) is 0 Å². The van der Waals surface area contributed by atoms with E-state index >= 15 is 0 Å². The highest BCUT2D eigenvalue weighted by Crippen LogP contribution is 2.28. The first kappa shape index (κ1) is 17.6. The van der Waals surface area contributed by atoms with Crippen LogP contribution in [0, 0.1) is 6.92 Å². The summed E-state index contributed by atoms with van der Waals surface area (Å²) in [6.45, 7) is 13.2. The molecule has 0 heterocycles. The maximum absolute atomic E-state index is 11.3. The summed E-state index contributed by atoms with van der Waals surface area (Å²) in [5, 5.41) is 0. The zero-order valence-electron chi connectivity index (χ0n) is 12.2. The molecule has 0 aromatic heterocycles. The minimum absolute atomic E-state index is 0.0938. The van der Waals surface area contributed by atoms with Gasteiger partial charge in [0, 0.05) is 5.56 Å². The van der Waals surface area contributed by atoms with Crippen molar-refractivity contribution in [3.8, 4) is 0 Å². The largest absolute Gasteiger partial charge is 0.295 e. The van der Waals surface area contributed by atoms with Crippen molar-refractivity contribution in [1.82, 2.24) is 0 Å². The van der Waals surface area contributed by atoms with Crippen LogP contribution in [0.15, 0.2) is 29.7 Å². The molecule has 0 atom stereocenters. The van der Waals surface area contributed by atoms with E-state index in [1.54, 1.807) is 6.92 Å². The molecule has 1 N–H and O–H groups in total. The van der Waals surface area contributed by atoms with Crippen molar-refractivity contribution in [2.75, 3.05) is 0 Å². The number of hydrogen-bond acceptors (Lipinski definition) is 2. The summed E-state index contributed by atoms with van der Waals surface area (Å²) >= 11 is 0. The second-order valence-corrected chi connectivity index (χ2v) is 5.27. The van der Waals surface area contributed by atoms with Crippen LogP contribution in [-0.2, 0) is 10.1 Å². The minimum atomic E-state index is -4.23. The molecular weight excluding hydrogens is 260 g/mol. The van der Waals surface area contributed by atoms with Crippen LogP contribution in [0.4, 0.5) is 0 Å². The van der Waals surface area contributed by atoms with Crippen molar-refractivity contribution in [3.05, 3.63) is 41.5 Å². The summed E-state index contributed by atoms with van der Waals surface area (Å²) in [5.74, 6) is 0. The third-order valence-electron chi connectivity index (χ3n) is 2.63. The normalized spacial score (nSPS) is 11.6. The van der Waals surface area contributed by atoms with E-state index in [4.69, 9.17) is 0 Å². The molecule has 1 aromatic rings. The zero-order chi connectivity index (χ0) is 15.2. The molecule has 0 fully saturated rings. The van der Waals surface area contributed by atoms with E-state index in [1.807, 2.05) is 39.8 Å². The van der Waals surface area contributed by atoms with Gasteiger partial charge in [0.1, 0.15) is 4.90 Å². The van der Waals surface area contributed by atoms with Crippen molar-refractivity contribution in [2.45, 2.75) is 39.5 Å². The van der Waals surface area contributed by atoms with Gasteiger partial charge in [-0.25, -0.2) is 0 Å². The molecule has 106 valence electrons. The summed E-state index contributed by atoms with van der Waals surface area (Å²) in [4.78, 5) is -0.0938. The highest BCUT2D eigenvalue weighted by atomic mass is 32.2. The Hall–Kier alpha value is -1.39. The first-order valence-corrected chi connectivity index (χ1v) is 7.63. The number of benzene rings is 1. The first-order valence-electron chi connectivity index (χ1n) is 6.19. The summed E-state index contributed by atoms with van der Waals surface area (Å²) in [5.41, 5.74) is 2.93. The van der Waals surface area contributed by atoms with E-state index in [1.165, 1.54) is 12.1 Å². The molecule has 1 aromatic carbocycles. The molecule has 0 radical (unpaired) electrons. The lowest BCUT2D eigenvalue weighted by atomic mass is 9.98. The second kappa shape index (κ2) is 7.26. The van der Waals surface area contributed by atoms with Crippen LogP contribution in [0.1, 0.15) is 44.4 Å². The summed E-state index contributed by atoms with van der Waals surface area (Å²) in [7, 11) is -4.23. The third-order valence-corrected chi connectivity index (χ3v) is 3.52. The Labute approximate surface area is 116 Å². The lowest BCUT2D eigenvalue weighted by molar-refractivity contribution is 0.483. The molecular formula is C15H22O3S. The maximum atomic E-state index is 11.3. The van der Waals surface area contributed by atoms with Gasteiger partial charge in [-0.05, 0) is 43.5 Å². The fourth-order valence-electron chi connectivity index (χ4n) is 1.67. The molecule has 1 rings (SSSR count). The summed E-state index contributed by atoms with van der Waals surface area (Å²) in [6, 6.07) is 3.32. The SMILES string of the molecule is C=Cc1c(/C(C)=C\C)cc(C)cc1S(=O)(=O)O.CC. The number of aryl methyl sites for hydroxylation is 1. The van der Waals surface area contributed by atoms with Gasteiger partial charge in [-0.2, -0.15) is 8.42 Å². The smallest absolute Gasteiger partial charge is 0.282 e. The molecule has 0 aliphatic carbocycles. The third kappa shape index (κ3) is 4.33. The predicted molar refractivity (Wildman–Crippen MR) is 81.8 cm³/mol. The van der Waals surface area contributed by atoms with E-state index < -0.39 is 10.1 Å². The molecule has 0 aliphatic rings. The molecule has 0 saturated carbocycles. The molecule has 19 heavy (non-hydrogen) atoms. The van der Waals surface area contributed by atoms with E-state index in [2.05, 4.69) is 6.58 Å². The van der Waals surface area contributed by atoms with Gasteiger partial charge in [0.25, 0.3) is 10.1 Å². The van der Waals surface area contributed by atoms with E-state index in [-0.39, 0.29) is 4.90 Å². The number of hydrogen-bond donors (Lipinski definition) is 1. The Morgan fingerprint density at radius 3 is 2.21 bits per heavy atom. The van der Waals surface area contributed by atoms with Crippen LogP contribution in [-0.4, -0.2) is 13.0 Å². The van der Waals surface area contributed by atoms with Gasteiger partial charge >= 0.3 is 0 Å². The Bertz CT molecular complexity index is 582. The van der Waals surface area contributed by atoms with Gasteiger partial charge in [-0.3, -0.25) is 4.55 Å².